The zero-order valence-electron chi connectivity index (χ0n) is 13.1. The van der Waals surface area contributed by atoms with Crippen LogP contribution in [0.15, 0.2) is 36.4 Å². The van der Waals surface area contributed by atoms with Crippen molar-refractivity contribution < 1.29 is 28.6 Å². The van der Waals surface area contributed by atoms with Crippen LogP contribution < -0.4 is 0 Å². The lowest BCUT2D eigenvalue weighted by Crippen LogP contribution is -1.96. The van der Waals surface area contributed by atoms with Crippen molar-refractivity contribution in [1.82, 2.24) is 0 Å². The van der Waals surface area contributed by atoms with Gasteiger partial charge in [-0.05, 0) is 35.4 Å². The molecule has 2 aromatic carbocycles. The van der Waals surface area contributed by atoms with Crippen molar-refractivity contribution in [3.05, 3.63) is 58.7 Å². The molecule has 6 nitrogen and oxygen atoms in total. The number of carbonyl (C=O) groups excluding carboxylic acids is 3. The van der Waals surface area contributed by atoms with E-state index < -0.39 is 11.9 Å². The maximum Gasteiger partial charge on any atom is 0.346 e. The van der Waals surface area contributed by atoms with Crippen molar-refractivity contribution in [1.29, 1.82) is 0 Å². The molecule has 0 saturated heterocycles. The maximum absolute atomic E-state index is 11.6. The summed E-state index contributed by atoms with van der Waals surface area (Å²) in [5, 5.41) is 0. The molecule has 0 spiro atoms. The van der Waals surface area contributed by atoms with E-state index in [1.54, 1.807) is 44.6 Å². The number of esters is 3. The van der Waals surface area contributed by atoms with Crippen LogP contribution in [0, 0.1) is 0 Å². The molecular weight excluding hydrogens is 312 g/mol. The number of rotatable bonds is 1. The monoisotopic (exact) mass is 326 g/mol. The van der Waals surface area contributed by atoms with Gasteiger partial charge in [0.05, 0.1) is 16.7 Å². The number of hydrogen-bond acceptors (Lipinski definition) is 6. The number of fused-ring (bicyclic) bond motifs is 2. The van der Waals surface area contributed by atoms with Gasteiger partial charge in [0.2, 0.25) is 0 Å². The zero-order valence-corrected chi connectivity index (χ0v) is 13.1. The molecule has 0 unspecified atom stereocenters. The van der Waals surface area contributed by atoms with E-state index in [-0.39, 0.29) is 23.7 Å². The first-order valence-corrected chi connectivity index (χ1v) is 7.16. The van der Waals surface area contributed by atoms with E-state index in [0.717, 1.165) is 16.7 Å². The molecule has 0 aliphatic carbocycles. The quantitative estimate of drug-likeness (QED) is 0.592. The summed E-state index contributed by atoms with van der Waals surface area (Å²) in [5.74, 6) is -1.56. The van der Waals surface area contributed by atoms with Crippen LogP contribution in [-0.4, -0.2) is 32.1 Å². The molecule has 2 heterocycles. The normalized spacial score (nSPS) is 14.3. The minimum Gasteiger partial charge on any atom is -0.457 e. The summed E-state index contributed by atoms with van der Waals surface area (Å²) in [4.78, 5) is 34.4. The lowest BCUT2D eigenvalue weighted by atomic mass is 9.97. The molecule has 0 atom stereocenters. The maximum atomic E-state index is 11.6. The number of ether oxygens (including phenoxy) is 3. The molecule has 4 rings (SSSR count). The number of hydrogen-bond donors (Lipinski definition) is 0. The predicted octanol–water partition coefficient (Wildman–Crippen LogP) is 2.60. The van der Waals surface area contributed by atoms with E-state index in [0.29, 0.717) is 5.56 Å². The number of cyclic esters (lactones) is 3. The van der Waals surface area contributed by atoms with Gasteiger partial charge < -0.3 is 14.2 Å². The summed E-state index contributed by atoms with van der Waals surface area (Å²) in [7, 11) is 3.25. The molecule has 0 fully saturated rings. The summed E-state index contributed by atoms with van der Waals surface area (Å²) >= 11 is 0. The molecule has 122 valence electrons. The Morgan fingerprint density at radius 1 is 0.792 bits per heavy atom. The number of methoxy groups -OCH3 is 1. The van der Waals surface area contributed by atoms with E-state index >= 15 is 0 Å². The summed E-state index contributed by atoms with van der Waals surface area (Å²) < 4.78 is 13.8. The van der Waals surface area contributed by atoms with Gasteiger partial charge in [0, 0.05) is 19.8 Å². The van der Waals surface area contributed by atoms with Crippen LogP contribution in [0.5, 0.6) is 0 Å². The Morgan fingerprint density at radius 3 is 2.08 bits per heavy atom. The van der Waals surface area contributed by atoms with Gasteiger partial charge in [-0.1, -0.05) is 12.1 Å². The largest absolute Gasteiger partial charge is 0.457 e. The van der Waals surface area contributed by atoms with Crippen molar-refractivity contribution in [3.63, 3.8) is 0 Å². The van der Waals surface area contributed by atoms with Gasteiger partial charge in [-0.15, -0.1) is 0 Å². The Morgan fingerprint density at radius 2 is 1.38 bits per heavy atom. The third-order valence-electron chi connectivity index (χ3n) is 3.66. The zero-order chi connectivity index (χ0) is 17.3. The van der Waals surface area contributed by atoms with Gasteiger partial charge in [0.25, 0.3) is 0 Å². The molecule has 0 radical (unpaired) electrons. The van der Waals surface area contributed by atoms with E-state index in [2.05, 4.69) is 9.47 Å². The molecule has 24 heavy (non-hydrogen) atoms. The lowest BCUT2D eigenvalue weighted by Gasteiger charge is -2.04. The predicted molar refractivity (Wildman–Crippen MR) is 83.7 cm³/mol. The van der Waals surface area contributed by atoms with Crippen molar-refractivity contribution in [2.24, 2.45) is 0 Å². The Hall–Kier alpha value is -2.99. The lowest BCUT2D eigenvalue weighted by molar-refractivity contribution is 0.0442. The van der Waals surface area contributed by atoms with Crippen LogP contribution in [0.25, 0.3) is 11.1 Å². The summed E-state index contributed by atoms with van der Waals surface area (Å²) in [5.41, 5.74) is 3.56. The molecule has 0 amide bonds. The average molecular weight is 326 g/mol. The smallest absolute Gasteiger partial charge is 0.346 e. The fraction of sp³-hybridized carbons (Fsp3) is 0.167. The van der Waals surface area contributed by atoms with Crippen LogP contribution in [-0.2, 0) is 20.8 Å². The van der Waals surface area contributed by atoms with E-state index in [4.69, 9.17) is 4.74 Å². The standard InChI is InChI=1S/C16H8O5.C2H6O/c17-14-11-3-1-8(5-10(11)7-20-14)9-2-4-12-13(6-9)16(19)21-15(12)18;1-3-2/h1-6H,7H2;1-2H3. The summed E-state index contributed by atoms with van der Waals surface area (Å²) in [6.45, 7) is 0.257. The minimum absolute atomic E-state index is 0.257. The summed E-state index contributed by atoms with van der Waals surface area (Å²) in [6, 6.07) is 10.3. The average Bonchev–Trinajstić information content (AvgIpc) is 3.08. The van der Waals surface area contributed by atoms with Crippen molar-refractivity contribution in [2.75, 3.05) is 14.2 Å². The fourth-order valence-electron chi connectivity index (χ4n) is 2.58. The molecule has 0 bridgehead atoms. The number of carbonyl (C=O) groups is 3. The Bertz CT molecular complexity index is 853. The van der Waals surface area contributed by atoms with Gasteiger partial charge >= 0.3 is 17.9 Å². The molecule has 0 N–H and O–H groups in total. The van der Waals surface area contributed by atoms with E-state index in [9.17, 15) is 14.4 Å². The fourth-order valence-corrected chi connectivity index (χ4v) is 2.58. The van der Waals surface area contributed by atoms with Crippen LogP contribution >= 0.6 is 0 Å². The highest BCUT2D eigenvalue weighted by atomic mass is 16.6. The molecule has 0 aromatic heterocycles. The van der Waals surface area contributed by atoms with Crippen LogP contribution in [0.3, 0.4) is 0 Å². The highest BCUT2D eigenvalue weighted by Gasteiger charge is 2.30. The van der Waals surface area contributed by atoms with Gasteiger partial charge in [0.15, 0.2) is 0 Å². The Kier molecular flexibility index (Phi) is 4.14. The van der Waals surface area contributed by atoms with Crippen molar-refractivity contribution in [3.8, 4) is 11.1 Å². The molecule has 2 aromatic rings. The Labute approximate surface area is 137 Å². The summed E-state index contributed by atoms with van der Waals surface area (Å²) in [6.07, 6.45) is 0. The molecule has 6 heteroatoms. The van der Waals surface area contributed by atoms with Gasteiger partial charge in [-0.25, -0.2) is 14.4 Å². The second kappa shape index (κ2) is 6.25. The van der Waals surface area contributed by atoms with Crippen molar-refractivity contribution >= 4 is 17.9 Å². The molecule has 0 saturated carbocycles. The first kappa shape index (κ1) is 15.9. The third kappa shape index (κ3) is 2.68. The topological polar surface area (TPSA) is 78.9 Å². The van der Waals surface area contributed by atoms with Gasteiger partial charge in [-0.2, -0.15) is 0 Å². The molecular formula is C18H14O6. The van der Waals surface area contributed by atoms with Gasteiger partial charge in [-0.3, -0.25) is 0 Å². The third-order valence-corrected chi connectivity index (χ3v) is 3.66. The highest BCUT2D eigenvalue weighted by Crippen LogP contribution is 2.30. The highest BCUT2D eigenvalue weighted by molar-refractivity contribution is 6.15. The van der Waals surface area contributed by atoms with Crippen LogP contribution in [0.4, 0.5) is 0 Å². The second-order valence-electron chi connectivity index (χ2n) is 5.29. The first-order chi connectivity index (χ1) is 11.5. The SMILES string of the molecule is COC.O=C1OCc2cc(-c3ccc4c(c3)C(=O)OC4=O)ccc21. The van der Waals surface area contributed by atoms with Crippen molar-refractivity contribution in [2.45, 2.75) is 6.61 Å². The second-order valence-corrected chi connectivity index (χ2v) is 5.29. The molecule has 2 aliphatic rings. The van der Waals surface area contributed by atoms with Crippen LogP contribution in [0.2, 0.25) is 0 Å². The van der Waals surface area contributed by atoms with Gasteiger partial charge in [0.1, 0.15) is 6.61 Å². The first-order valence-electron chi connectivity index (χ1n) is 7.16. The van der Waals surface area contributed by atoms with Crippen LogP contribution in [0.1, 0.15) is 36.6 Å². The molecule has 2 aliphatic heterocycles. The Balaban J connectivity index is 0.000000526. The minimum atomic E-state index is -0.628. The van der Waals surface area contributed by atoms with E-state index in [1.165, 1.54) is 0 Å². The number of benzene rings is 2. The van der Waals surface area contributed by atoms with E-state index in [1.807, 2.05) is 6.07 Å².